The molecule has 2 rings (SSSR count). The van der Waals surface area contributed by atoms with Crippen molar-refractivity contribution in [1.29, 1.82) is 0 Å². The summed E-state index contributed by atoms with van der Waals surface area (Å²) in [6, 6.07) is 0.767. The Hall–Kier alpha value is -0.0800. The van der Waals surface area contributed by atoms with Crippen molar-refractivity contribution in [2.75, 3.05) is 6.54 Å². The van der Waals surface area contributed by atoms with Crippen molar-refractivity contribution in [3.63, 3.8) is 0 Å². The molecule has 4 unspecified atom stereocenters. The van der Waals surface area contributed by atoms with Gasteiger partial charge in [0.2, 0.25) is 0 Å². The summed E-state index contributed by atoms with van der Waals surface area (Å²) in [5.74, 6) is 2.08. The van der Waals surface area contributed by atoms with Crippen LogP contribution in [-0.2, 0) is 0 Å². The molecule has 0 aliphatic heterocycles. The van der Waals surface area contributed by atoms with Crippen LogP contribution in [0.2, 0.25) is 0 Å². The number of fused-ring (bicyclic) bond motifs is 1. The Morgan fingerprint density at radius 2 is 1.88 bits per heavy atom. The zero-order valence-corrected chi connectivity index (χ0v) is 11.3. The average Bonchev–Trinajstić information content (AvgIpc) is 2.34. The monoisotopic (exact) mass is 239 g/mol. The molecule has 17 heavy (non-hydrogen) atoms. The number of nitrogens with one attached hydrogen (secondary N) is 1. The smallest absolute Gasteiger partial charge is 0.0512 e. The van der Waals surface area contributed by atoms with E-state index < -0.39 is 0 Å². The van der Waals surface area contributed by atoms with Crippen LogP contribution in [0, 0.1) is 11.8 Å². The van der Waals surface area contributed by atoms with Crippen LogP contribution in [0.4, 0.5) is 0 Å². The summed E-state index contributed by atoms with van der Waals surface area (Å²) in [6.07, 6.45) is 12.1. The summed E-state index contributed by atoms with van der Waals surface area (Å²) in [4.78, 5) is 0. The lowest BCUT2D eigenvalue weighted by molar-refractivity contribution is 0.141. The molecule has 0 spiro atoms. The third-order valence-corrected chi connectivity index (χ3v) is 4.77. The van der Waals surface area contributed by atoms with Crippen LogP contribution in [0.25, 0.3) is 0 Å². The van der Waals surface area contributed by atoms with E-state index in [2.05, 4.69) is 5.32 Å². The molecule has 0 aromatic rings. The molecule has 2 heteroatoms. The van der Waals surface area contributed by atoms with Gasteiger partial charge in [-0.05, 0) is 57.4 Å². The number of aliphatic hydroxyl groups is 1. The Balaban J connectivity index is 1.62. The van der Waals surface area contributed by atoms with Crippen molar-refractivity contribution in [2.24, 2.45) is 11.8 Å². The van der Waals surface area contributed by atoms with E-state index in [4.69, 9.17) is 0 Å². The van der Waals surface area contributed by atoms with Gasteiger partial charge in [0.1, 0.15) is 0 Å². The summed E-state index contributed by atoms with van der Waals surface area (Å²) < 4.78 is 0. The second-order valence-electron chi connectivity index (χ2n) is 6.26. The molecule has 100 valence electrons. The van der Waals surface area contributed by atoms with Crippen LogP contribution in [0.5, 0.6) is 0 Å². The van der Waals surface area contributed by atoms with Crippen molar-refractivity contribution in [2.45, 2.75) is 76.9 Å². The summed E-state index contributed by atoms with van der Waals surface area (Å²) in [7, 11) is 0. The standard InChI is InChI=1S/C15H29NO/c1-12(17)5-4-10-16-15-9-8-13-6-2-3-7-14(13)11-15/h12-17H,2-11H2,1H3. The minimum atomic E-state index is -0.133. The molecule has 0 bridgehead atoms. The van der Waals surface area contributed by atoms with Gasteiger partial charge in [0.15, 0.2) is 0 Å². The number of aliphatic hydroxyl groups excluding tert-OH is 1. The molecule has 2 saturated carbocycles. The highest BCUT2D eigenvalue weighted by molar-refractivity contribution is 4.86. The summed E-state index contributed by atoms with van der Waals surface area (Å²) in [5, 5.41) is 12.9. The van der Waals surface area contributed by atoms with Gasteiger partial charge in [0, 0.05) is 6.04 Å². The summed E-state index contributed by atoms with van der Waals surface area (Å²) >= 11 is 0. The molecular weight excluding hydrogens is 210 g/mol. The largest absolute Gasteiger partial charge is 0.393 e. The lowest BCUT2D eigenvalue weighted by atomic mass is 9.69. The van der Waals surface area contributed by atoms with Crippen LogP contribution in [0.1, 0.15) is 64.7 Å². The molecule has 0 radical (unpaired) electrons. The Labute approximate surface area is 106 Å². The molecule has 2 aliphatic rings. The van der Waals surface area contributed by atoms with Gasteiger partial charge >= 0.3 is 0 Å². The van der Waals surface area contributed by atoms with Gasteiger partial charge in [0.25, 0.3) is 0 Å². The number of hydrogen-bond donors (Lipinski definition) is 2. The van der Waals surface area contributed by atoms with Crippen molar-refractivity contribution in [3.05, 3.63) is 0 Å². The topological polar surface area (TPSA) is 32.3 Å². The van der Waals surface area contributed by atoms with Gasteiger partial charge in [-0.1, -0.05) is 25.7 Å². The van der Waals surface area contributed by atoms with Crippen molar-refractivity contribution >= 4 is 0 Å². The van der Waals surface area contributed by atoms with Gasteiger partial charge in [0.05, 0.1) is 6.10 Å². The molecule has 0 aromatic heterocycles. The van der Waals surface area contributed by atoms with Crippen LogP contribution in [0.3, 0.4) is 0 Å². The minimum absolute atomic E-state index is 0.133. The van der Waals surface area contributed by atoms with E-state index in [1.54, 1.807) is 0 Å². The van der Waals surface area contributed by atoms with E-state index in [-0.39, 0.29) is 6.10 Å². The molecule has 4 atom stereocenters. The predicted octanol–water partition coefficient (Wildman–Crippen LogP) is 3.10. The molecule has 0 heterocycles. The first-order valence-electron chi connectivity index (χ1n) is 7.67. The van der Waals surface area contributed by atoms with Gasteiger partial charge < -0.3 is 10.4 Å². The molecule has 2 fully saturated rings. The lowest BCUT2D eigenvalue weighted by Crippen LogP contribution is -2.39. The fraction of sp³-hybridized carbons (Fsp3) is 1.00. The first-order valence-corrected chi connectivity index (χ1v) is 7.67. The summed E-state index contributed by atoms with van der Waals surface area (Å²) in [6.45, 7) is 2.97. The highest BCUT2D eigenvalue weighted by Gasteiger charge is 2.31. The van der Waals surface area contributed by atoms with E-state index in [0.717, 1.165) is 37.3 Å². The second-order valence-corrected chi connectivity index (χ2v) is 6.26. The molecule has 0 aromatic carbocycles. The first-order chi connectivity index (χ1) is 8.25. The molecule has 2 aliphatic carbocycles. The Morgan fingerprint density at radius 1 is 1.12 bits per heavy atom. The highest BCUT2D eigenvalue weighted by Crippen LogP contribution is 2.40. The number of hydrogen-bond acceptors (Lipinski definition) is 2. The Morgan fingerprint density at radius 3 is 2.65 bits per heavy atom. The van der Waals surface area contributed by atoms with Crippen LogP contribution >= 0.6 is 0 Å². The quantitative estimate of drug-likeness (QED) is 0.723. The average molecular weight is 239 g/mol. The molecular formula is C15H29NO. The normalized spacial score (nSPS) is 35.3. The minimum Gasteiger partial charge on any atom is -0.393 e. The lowest BCUT2D eigenvalue weighted by Gasteiger charge is -2.39. The van der Waals surface area contributed by atoms with E-state index in [9.17, 15) is 5.11 Å². The Kier molecular flexibility index (Phi) is 5.30. The zero-order chi connectivity index (χ0) is 12.1. The van der Waals surface area contributed by atoms with Crippen LogP contribution in [-0.4, -0.2) is 23.8 Å². The van der Waals surface area contributed by atoms with Crippen molar-refractivity contribution in [1.82, 2.24) is 5.32 Å². The Bertz CT molecular complexity index is 217. The third-order valence-electron chi connectivity index (χ3n) is 4.77. The number of rotatable bonds is 5. The fourth-order valence-corrected chi connectivity index (χ4v) is 3.76. The highest BCUT2D eigenvalue weighted by atomic mass is 16.3. The van der Waals surface area contributed by atoms with Gasteiger partial charge in [-0.3, -0.25) is 0 Å². The molecule has 2 nitrogen and oxygen atoms in total. The van der Waals surface area contributed by atoms with Gasteiger partial charge in [-0.25, -0.2) is 0 Å². The van der Waals surface area contributed by atoms with E-state index in [1.165, 1.54) is 44.9 Å². The van der Waals surface area contributed by atoms with Crippen molar-refractivity contribution < 1.29 is 5.11 Å². The SMILES string of the molecule is CC(O)CCCNC1CCC2CCCCC2C1. The molecule has 0 saturated heterocycles. The van der Waals surface area contributed by atoms with Gasteiger partial charge in [-0.2, -0.15) is 0 Å². The summed E-state index contributed by atoms with van der Waals surface area (Å²) in [5.41, 5.74) is 0. The van der Waals surface area contributed by atoms with Crippen LogP contribution < -0.4 is 5.32 Å². The molecule has 0 amide bonds. The maximum absolute atomic E-state index is 9.22. The zero-order valence-electron chi connectivity index (χ0n) is 11.3. The predicted molar refractivity (Wildman–Crippen MR) is 72.0 cm³/mol. The van der Waals surface area contributed by atoms with Crippen molar-refractivity contribution in [3.8, 4) is 0 Å². The third kappa shape index (κ3) is 4.26. The maximum atomic E-state index is 9.22. The van der Waals surface area contributed by atoms with E-state index >= 15 is 0 Å². The van der Waals surface area contributed by atoms with Gasteiger partial charge in [-0.15, -0.1) is 0 Å². The second kappa shape index (κ2) is 6.75. The van der Waals surface area contributed by atoms with E-state index in [1.807, 2.05) is 6.92 Å². The van der Waals surface area contributed by atoms with E-state index in [0.29, 0.717) is 0 Å². The maximum Gasteiger partial charge on any atom is 0.0512 e. The molecule has 2 N–H and O–H groups in total. The van der Waals surface area contributed by atoms with Crippen LogP contribution in [0.15, 0.2) is 0 Å². The fourth-order valence-electron chi connectivity index (χ4n) is 3.76. The first kappa shape index (κ1) is 13.4.